The van der Waals surface area contributed by atoms with Crippen LogP contribution < -0.4 is 10.1 Å². The molecule has 0 aliphatic rings. The third-order valence-corrected chi connectivity index (χ3v) is 3.28. The summed E-state index contributed by atoms with van der Waals surface area (Å²) in [6, 6.07) is 19.2. The van der Waals surface area contributed by atoms with E-state index >= 15 is 0 Å². The molecule has 0 saturated carbocycles. The van der Waals surface area contributed by atoms with Crippen LogP contribution in [0, 0.1) is 5.82 Å². The van der Waals surface area contributed by atoms with Gasteiger partial charge in [0.15, 0.2) is 0 Å². The zero-order valence-electron chi connectivity index (χ0n) is 12.6. The first-order valence-electron chi connectivity index (χ1n) is 7.25. The number of benzene rings is 3. The van der Waals surface area contributed by atoms with Crippen LogP contribution in [-0.2, 0) is 0 Å². The predicted molar refractivity (Wildman–Crippen MR) is 89.0 cm³/mol. The minimum atomic E-state index is -0.580. The second kappa shape index (κ2) is 6.83. The van der Waals surface area contributed by atoms with Crippen LogP contribution in [0.1, 0.15) is 10.4 Å². The van der Waals surface area contributed by atoms with Crippen molar-refractivity contribution >= 4 is 11.6 Å². The van der Waals surface area contributed by atoms with E-state index in [0.29, 0.717) is 17.1 Å². The van der Waals surface area contributed by atoms with Crippen molar-refractivity contribution < 1.29 is 19.0 Å². The van der Waals surface area contributed by atoms with Crippen molar-refractivity contribution in [3.8, 4) is 17.2 Å². The lowest BCUT2D eigenvalue weighted by atomic mass is 10.2. The number of halogens is 1. The van der Waals surface area contributed by atoms with Gasteiger partial charge in [-0.2, -0.15) is 0 Å². The van der Waals surface area contributed by atoms with Gasteiger partial charge in [-0.3, -0.25) is 4.79 Å². The van der Waals surface area contributed by atoms with Gasteiger partial charge in [-0.25, -0.2) is 4.39 Å². The first-order chi connectivity index (χ1) is 11.6. The number of phenolic OH excluding ortho intramolecular Hbond substituents is 1. The Kier molecular flexibility index (Phi) is 4.43. The number of hydrogen-bond donors (Lipinski definition) is 2. The molecule has 5 heteroatoms. The smallest absolute Gasteiger partial charge is 0.255 e. The maximum Gasteiger partial charge on any atom is 0.255 e. The average molecular weight is 323 g/mol. The highest BCUT2D eigenvalue weighted by Crippen LogP contribution is 2.25. The Balaban J connectivity index is 1.77. The third-order valence-electron chi connectivity index (χ3n) is 3.28. The van der Waals surface area contributed by atoms with E-state index in [0.717, 1.165) is 12.1 Å². The lowest BCUT2D eigenvalue weighted by molar-refractivity contribution is 0.102. The number of rotatable bonds is 4. The molecule has 4 nitrogen and oxygen atoms in total. The summed E-state index contributed by atoms with van der Waals surface area (Å²) >= 11 is 0. The van der Waals surface area contributed by atoms with Crippen LogP contribution in [0.3, 0.4) is 0 Å². The monoisotopic (exact) mass is 323 g/mol. The van der Waals surface area contributed by atoms with Crippen molar-refractivity contribution in [2.45, 2.75) is 0 Å². The zero-order chi connectivity index (χ0) is 16.9. The highest BCUT2D eigenvalue weighted by molar-refractivity contribution is 6.05. The Morgan fingerprint density at radius 1 is 0.917 bits per heavy atom. The summed E-state index contributed by atoms with van der Waals surface area (Å²) in [5, 5.41) is 12.2. The Morgan fingerprint density at radius 2 is 1.67 bits per heavy atom. The lowest BCUT2D eigenvalue weighted by Gasteiger charge is -2.09. The molecule has 0 aromatic heterocycles. The third kappa shape index (κ3) is 3.70. The molecule has 0 aliphatic heterocycles. The highest BCUT2D eigenvalue weighted by atomic mass is 19.1. The summed E-state index contributed by atoms with van der Waals surface area (Å²) in [4.78, 5) is 12.3. The predicted octanol–water partition coefficient (Wildman–Crippen LogP) is 4.58. The molecular formula is C19H14FNO3. The fourth-order valence-corrected chi connectivity index (χ4v) is 2.13. The van der Waals surface area contributed by atoms with Crippen molar-refractivity contribution in [1.29, 1.82) is 0 Å². The normalized spacial score (nSPS) is 10.2. The molecule has 1 amide bonds. The van der Waals surface area contributed by atoms with E-state index in [1.165, 1.54) is 6.07 Å². The highest BCUT2D eigenvalue weighted by Gasteiger charge is 2.10. The van der Waals surface area contributed by atoms with Crippen LogP contribution in [0.25, 0.3) is 0 Å². The maximum atomic E-state index is 13.0. The summed E-state index contributed by atoms with van der Waals surface area (Å²) < 4.78 is 18.7. The molecule has 3 rings (SSSR count). The van der Waals surface area contributed by atoms with E-state index in [9.17, 15) is 14.3 Å². The van der Waals surface area contributed by atoms with E-state index < -0.39 is 11.7 Å². The van der Waals surface area contributed by atoms with Crippen molar-refractivity contribution in [2.24, 2.45) is 0 Å². The van der Waals surface area contributed by atoms with Crippen molar-refractivity contribution in [1.82, 2.24) is 0 Å². The summed E-state index contributed by atoms with van der Waals surface area (Å²) in [7, 11) is 0. The van der Waals surface area contributed by atoms with E-state index in [-0.39, 0.29) is 11.4 Å². The van der Waals surface area contributed by atoms with Gasteiger partial charge in [-0.1, -0.05) is 24.3 Å². The van der Waals surface area contributed by atoms with Gasteiger partial charge in [-0.15, -0.1) is 0 Å². The fourth-order valence-electron chi connectivity index (χ4n) is 2.13. The van der Waals surface area contributed by atoms with Crippen molar-refractivity contribution in [3.63, 3.8) is 0 Å². The lowest BCUT2D eigenvalue weighted by Crippen LogP contribution is -2.12. The maximum absolute atomic E-state index is 13.0. The second-order valence-electron chi connectivity index (χ2n) is 5.06. The number of carbonyl (C=O) groups excluding carboxylic acids is 1. The quantitative estimate of drug-likeness (QED) is 0.691. The minimum absolute atomic E-state index is 0.135. The fraction of sp³-hybridized carbons (Fsp3) is 0. The van der Waals surface area contributed by atoms with Gasteiger partial charge in [0, 0.05) is 11.6 Å². The number of amides is 1. The molecule has 3 aromatic rings. The molecule has 3 aromatic carbocycles. The van der Waals surface area contributed by atoms with Crippen molar-refractivity contribution in [3.05, 3.63) is 84.2 Å². The standard InChI is InChI=1S/C19H14FNO3/c20-14-9-10-17(18(22)12-14)21-19(23)13-5-4-8-16(11-13)24-15-6-2-1-3-7-15/h1-12,22H,(H,21,23). The van der Waals surface area contributed by atoms with Gasteiger partial charge in [0.05, 0.1) is 5.69 Å². The molecule has 0 bridgehead atoms. The first-order valence-corrected chi connectivity index (χ1v) is 7.25. The number of carbonyl (C=O) groups is 1. The number of nitrogens with one attached hydrogen (secondary N) is 1. The molecule has 0 fully saturated rings. The van der Waals surface area contributed by atoms with Gasteiger partial charge >= 0.3 is 0 Å². The minimum Gasteiger partial charge on any atom is -0.506 e. The molecule has 0 unspecified atom stereocenters. The molecule has 120 valence electrons. The Morgan fingerprint density at radius 3 is 2.42 bits per heavy atom. The topological polar surface area (TPSA) is 58.6 Å². The van der Waals surface area contributed by atoms with E-state index in [2.05, 4.69) is 5.32 Å². The van der Waals surface area contributed by atoms with Crippen LogP contribution in [0.2, 0.25) is 0 Å². The first kappa shape index (κ1) is 15.6. The Bertz CT molecular complexity index is 865. The Hall–Kier alpha value is -3.34. The summed E-state index contributed by atoms with van der Waals surface area (Å²) in [5.74, 6) is -0.178. The van der Waals surface area contributed by atoms with E-state index in [4.69, 9.17) is 4.74 Å². The van der Waals surface area contributed by atoms with Gasteiger partial charge < -0.3 is 15.2 Å². The average Bonchev–Trinajstić information content (AvgIpc) is 2.58. The van der Waals surface area contributed by atoms with Crippen LogP contribution in [0.5, 0.6) is 17.2 Å². The van der Waals surface area contributed by atoms with Gasteiger partial charge in [0.1, 0.15) is 23.1 Å². The summed E-state index contributed by atoms with van der Waals surface area (Å²) in [6.45, 7) is 0. The van der Waals surface area contributed by atoms with Crippen molar-refractivity contribution in [2.75, 3.05) is 5.32 Å². The molecule has 0 aliphatic carbocycles. The molecule has 0 saturated heterocycles. The summed E-state index contributed by atoms with van der Waals surface area (Å²) in [5.41, 5.74) is 0.489. The van der Waals surface area contributed by atoms with Crippen LogP contribution >= 0.6 is 0 Å². The molecular weight excluding hydrogens is 309 g/mol. The van der Waals surface area contributed by atoms with Crippen LogP contribution in [-0.4, -0.2) is 11.0 Å². The van der Waals surface area contributed by atoms with Gasteiger partial charge in [0.2, 0.25) is 0 Å². The number of ether oxygens (including phenoxy) is 1. The largest absolute Gasteiger partial charge is 0.506 e. The summed E-state index contributed by atoms with van der Waals surface area (Å²) in [6.07, 6.45) is 0. The molecule has 0 spiro atoms. The molecule has 0 atom stereocenters. The second-order valence-corrected chi connectivity index (χ2v) is 5.06. The number of aromatic hydroxyl groups is 1. The molecule has 24 heavy (non-hydrogen) atoms. The number of hydrogen-bond acceptors (Lipinski definition) is 3. The molecule has 2 N–H and O–H groups in total. The van der Waals surface area contributed by atoms with E-state index in [1.807, 2.05) is 30.3 Å². The number of para-hydroxylation sites is 1. The van der Waals surface area contributed by atoms with Crippen LogP contribution in [0.4, 0.5) is 10.1 Å². The zero-order valence-corrected chi connectivity index (χ0v) is 12.6. The van der Waals surface area contributed by atoms with E-state index in [1.54, 1.807) is 24.3 Å². The van der Waals surface area contributed by atoms with Gasteiger partial charge in [-0.05, 0) is 42.5 Å². The number of anilines is 1. The Labute approximate surface area is 138 Å². The SMILES string of the molecule is O=C(Nc1ccc(F)cc1O)c1cccc(Oc2ccccc2)c1. The van der Waals surface area contributed by atoms with Gasteiger partial charge in [0.25, 0.3) is 5.91 Å². The molecule has 0 heterocycles. The van der Waals surface area contributed by atoms with Crippen LogP contribution in [0.15, 0.2) is 72.8 Å². The number of phenols is 1. The molecule has 0 radical (unpaired) electrons.